The molecule has 0 radical (unpaired) electrons. The van der Waals surface area contributed by atoms with E-state index in [1.807, 2.05) is 48.7 Å². The van der Waals surface area contributed by atoms with Gasteiger partial charge in [0.2, 0.25) is 0 Å². The van der Waals surface area contributed by atoms with Crippen molar-refractivity contribution in [3.05, 3.63) is 105 Å². The van der Waals surface area contributed by atoms with Gasteiger partial charge in [0.05, 0.1) is 18.2 Å². The molecule has 1 N–H and O–H groups in total. The molecule has 0 spiro atoms. The molecule has 1 amide bonds. The van der Waals surface area contributed by atoms with E-state index in [-0.39, 0.29) is 24.5 Å². The summed E-state index contributed by atoms with van der Waals surface area (Å²) in [5, 5.41) is 4.75. The largest absolute Gasteiger partial charge is 0.459 e. The van der Waals surface area contributed by atoms with Gasteiger partial charge in [-0.15, -0.1) is 11.3 Å². The third kappa shape index (κ3) is 4.92. The number of nitrogens with zero attached hydrogens (tertiary/aromatic N) is 2. The maximum atomic E-state index is 12.6. The van der Waals surface area contributed by atoms with Crippen LogP contribution in [-0.2, 0) is 16.1 Å². The van der Waals surface area contributed by atoms with Crippen LogP contribution in [-0.4, -0.2) is 21.3 Å². The molecule has 2 aromatic heterocycles. The molecule has 0 aliphatic carbocycles. The van der Waals surface area contributed by atoms with Gasteiger partial charge in [-0.1, -0.05) is 48.5 Å². The SMILES string of the molecule is Cc1csc2nc(COC(=O)C[C@H](NC(=O)c3ccccc3)c3ccccc3)cc(=O)n12. The smallest absolute Gasteiger partial charge is 0.308 e. The number of nitrogens with one attached hydrogen (secondary N) is 1. The van der Waals surface area contributed by atoms with Crippen molar-refractivity contribution in [3.8, 4) is 0 Å². The first-order valence-electron chi connectivity index (χ1n) is 10.0. The quantitative estimate of drug-likeness (QED) is 0.437. The molecule has 4 aromatic rings. The topological polar surface area (TPSA) is 89.8 Å². The summed E-state index contributed by atoms with van der Waals surface area (Å²) in [6, 6.07) is 18.9. The van der Waals surface area contributed by atoms with E-state index in [4.69, 9.17) is 4.74 Å². The van der Waals surface area contributed by atoms with E-state index < -0.39 is 12.0 Å². The number of hydrogen-bond acceptors (Lipinski definition) is 6. The lowest BCUT2D eigenvalue weighted by atomic mass is 10.0. The first kappa shape index (κ1) is 21.5. The van der Waals surface area contributed by atoms with Gasteiger partial charge in [-0.2, -0.15) is 0 Å². The first-order valence-corrected chi connectivity index (χ1v) is 10.9. The number of thiazole rings is 1. The minimum Gasteiger partial charge on any atom is -0.459 e. The molecular formula is C24H21N3O4S. The van der Waals surface area contributed by atoms with E-state index in [0.29, 0.717) is 16.2 Å². The second-order valence-electron chi connectivity index (χ2n) is 7.25. The highest BCUT2D eigenvalue weighted by atomic mass is 32.1. The van der Waals surface area contributed by atoms with Crippen LogP contribution in [0, 0.1) is 6.92 Å². The Kier molecular flexibility index (Phi) is 6.42. The summed E-state index contributed by atoms with van der Waals surface area (Å²) >= 11 is 1.35. The van der Waals surface area contributed by atoms with E-state index in [9.17, 15) is 14.4 Å². The summed E-state index contributed by atoms with van der Waals surface area (Å²) in [6.45, 7) is 1.72. The fourth-order valence-electron chi connectivity index (χ4n) is 3.32. The number of esters is 1. The summed E-state index contributed by atoms with van der Waals surface area (Å²) in [7, 11) is 0. The van der Waals surface area contributed by atoms with Gasteiger partial charge in [-0.25, -0.2) is 4.98 Å². The number of carbonyl (C=O) groups is 2. The standard InChI is InChI=1S/C24H21N3O4S/c1-16-15-32-24-25-19(12-21(28)27(16)24)14-31-22(29)13-20(17-8-4-2-5-9-17)26-23(30)18-10-6-3-7-11-18/h2-12,15,20H,13-14H2,1H3,(H,26,30)/t20-/m0/s1. The van der Waals surface area contributed by atoms with Crippen LogP contribution >= 0.6 is 11.3 Å². The average molecular weight is 448 g/mol. The highest BCUT2D eigenvalue weighted by molar-refractivity contribution is 7.15. The van der Waals surface area contributed by atoms with Crippen molar-refractivity contribution >= 4 is 28.2 Å². The van der Waals surface area contributed by atoms with Crippen LogP contribution < -0.4 is 10.9 Å². The Morgan fingerprint density at radius 2 is 1.78 bits per heavy atom. The second kappa shape index (κ2) is 9.57. The molecule has 2 heterocycles. The Bertz CT molecular complexity index is 1300. The number of aromatic nitrogens is 2. The number of hydrogen-bond donors (Lipinski definition) is 1. The predicted octanol–water partition coefficient (Wildman–Crippen LogP) is 3.67. The summed E-state index contributed by atoms with van der Waals surface area (Å²) < 4.78 is 6.90. The molecule has 0 saturated heterocycles. The van der Waals surface area contributed by atoms with Crippen LogP contribution in [0.15, 0.2) is 76.9 Å². The van der Waals surface area contributed by atoms with Gasteiger partial charge in [0, 0.05) is 22.7 Å². The lowest BCUT2D eigenvalue weighted by molar-refractivity contribution is -0.145. The first-order chi connectivity index (χ1) is 15.5. The van der Waals surface area contributed by atoms with Gasteiger partial charge in [0.25, 0.3) is 11.5 Å². The highest BCUT2D eigenvalue weighted by Gasteiger charge is 2.20. The van der Waals surface area contributed by atoms with E-state index in [1.165, 1.54) is 21.8 Å². The summed E-state index contributed by atoms with van der Waals surface area (Å²) in [4.78, 5) is 42.5. The molecular weight excluding hydrogens is 426 g/mol. The lowest BCUT2D eigenvalue weighted by Gasteiger charge is -2.19. The Balaban J connectivity index is 1.45. The van der Waals surface area contributed by atoms with Gasteiger partial charge in [-0.05, 0) is 24.6 Å². The third-order valence-corrected chi connectivity index (χ3v) is 5.87. The molecule has 1 atom stereocenters. The highest BCUT2D eigenvalue weighted by Crippen LogP contribution is 2.19. The molecule has 0 aliphatic rings. The number of fused-ring (bicyclic) bond motifs is 1. The van der Waals surface area contributed by atoms with Crippen molar-refractivity contribution in [3.63, 3.8) is 0 Å². The van der Waals surface area contributed by atoms with E-state index in [2.05, 4.69) is 10.3 Å². The van der Waals surface area contributed by atoms with Gasteiger partial charge < -0.3 is 10.1 Å². The molecule has 32 heavy (non-hydrogen) atoms. The number of ether oxygens (including phenoxy) is 1. The predicted molar refractivity (Wildman–Crippen MR) is 122 cm³/mol. The fraction of sp³-hybridized carbons (Fsp3) is 0.167. The molecule has 4 rings (SSSR count). The summed E-state index contributed by atoms with van der Waals surface area (Å²) in [6.07, 6.45) is -0.0536. The molecule has 8 heteroatoms. The molecule has 2 aromatic carbocycles. The summed E-state index contributed by atoms with van der Waals surface area (Å²) in [5.74, 6) is -0.781. The van der Waals surface area contributed by atoms with Crippen LogP contribution in [0.25, 0.3) is 4.96 Å². The van der Waals surface area contributed by atoms with Crippen molar-refractivity contribution in [1.29, 1.82) is 0 Å². The van der Waals surface area contributed by atoms with Crippen LogP contribution in [0.2, 0.25) is 0 Å². The number of aryl methyl sites for hydroxylation is 1. The van der Waals surface area contributed by atoms with E-state index >= 15 is 0 Å². The number of rotatable bonds is 7. The zero-order chi connectivity index (χ0) is 22.5. The van der Waals surface area contributed by atoms with Crippen LogP contribution in [0.3, 0.4) is 0 Å². The van der Waals surface area contributed by atoms with Crippen molar-refractivity contribution in [2.45, 2.75) is 26.0 Å². The van der Waals surface area contributed by atoms with Gasteiger partial charge in [0.15, 0.2) is 4.96 Å². The summed E-state index contributed by atoms with van der Waals surface area (Å²) in [5.41, 5.74) is 2.28. The molecule has 0 saturated carbocycles. The van der Waals surface area contributed by atoms with Crippen molar-refractivity contribution in [2.75, 3.05) is 0 Å². The minimum absolute atomic E-state index is 0.0536. The maximum Gasteiger partial charge on any atom is 0.308 e. The molecule has 0 aliphatic heterocycles. The molecule has 162 valence electrons. The maximum absolute atomic E-state index is 12.6. The average Bonchev–Trinajstić information content (AvgIpc) is 3.19. The zero-order valence-corrected chi connectivity index (χ0v) is 18.2. The lowest BCUT2D eigenvalue weighted by Crippen LogP contribution is -2.30. The van der Waals surface area contributed by atoms with E-state index in [0.717, 1.165) is 11.3 Å². The van der Waals surface area contributed by atoms with Crippen molar-refractivity contribution < 1.29 is 14.3 Å². The Morgan fingerprint density at radius 1 is 1.09 bits per heavy atom. The van der Waals surface area contributed by atoms with Crippen molar-refractivity contribution in [2.24, 2.45) is 0 Å². The van der Waals surface area contributed by atoms with Gasteiger partial charge >= 0.3 is 5.97 Å². The minimum atomic E-state index is -0.558. The van der Waals surface area contributed by atoms with Crippen LogP contribution in [0.5, 0.6) is 0 Å². The molecule has 0 unspecified atom stereocenters. The monoisotopic (exact) mass is 447 g/mol. The second-order valence-corrected chi connectivity index (χ2v) is 8.08. The molecule has 0 bridgehead atoms. The normalized spacial score (nSPS) is 11.8. The number of benzene rings is 2. The Hall–Kier alpha value is -3.78. The Morgan fingerprint density at radius 3 is 2.50 bits per heavy atom. The number of amides is 1. The zero-order valence-electron chi connectivity index (χ0n) is 17.4. The Labute approximate surface area is 188 Å². The van der Waals surface area contributed by atoms with E-state index in [1.54, 1.807) is 24.3 Å². The van der Waals surface area contributed by atoms with Crippen molar-refractivity contribution in [1.82, 2.24) is 14.7 Å². The molecule has 0 fully saturated rings. The van der Waals surface area contributed by atoms with Gasteiger partial charge in [-0.3, -0.25) is 18.8 Å². The van der Waals surface area contributed by atoms with Crippen LogP contribution in [0.1, 0.15) is 39.8 Å². The molecule has 7 nitrogen and oxygen atoms in total. The van der Waals surface area contributed by atoms with Gasteiger partial charge in [0.1, 0.15) is 6.61 Å². The fourth-order valence-corrected chi connectivity index (χ4v) is 4.21. The van der Waals surface area contributed by atoms with Crippen LogP contribution in [0.4, 0.5) is 0 Å². The number of carbonyl (C=O) groups excluding carboxylic acids is 2. The third-order valence-electron chi connectivity index (χ3n) is 4.92.